The van der Waals surface area contributed by atoms with Crippen LogP contribution >= 0.6 is 0 Å². The van der Waals surface area contributed by atoms with Crippen LogP contribution in [-0.2, 0) is 9.53 Å². The van der Waals surface area contributed by atoms with Gasteiger partial charge in [-0.25, -0.2) is 0 Å². The minimum absolute atomic E-state index is 0.151. The Morgan fingerprint density at radius 1 is 1.06 bits per heavy atom. The standard InChI is InChI=1S/C15H23NO2/c17-14(13-2-1-3-18-13)16-15-7-10-4-11(8-15)6-12(5-10)9-15/h10-13H,1-9H2,(H,16,17)/t10?,11?,12?,13-,15?/m1/s1. The second kappa shape index (κ2) is 3.96. The van der Waals surface area contributed by atoms with E-state index in [1.807, 2.05) is 0 Å². The van der Waals surface area contributed by atoms with E-state index in [9.17, 15) is 4.79 Å². The average Bonchev–Trinajstić information content (AvgIpc) is 2.79. The molecular formula is C15H23NO2. The van der Waals surface area contributed by atoms with Gasteiger partial charge < -0.3 is 10.1 Å². The Kier molecular flexibility index (Phi) is 2.48. The number of ether oxygens (including phenoxy) is 1. The molecule has 0 radical (unpaired) electrons. The third-order valence-corrected chi connectivity index (χ3v) is 5.65. The van der Waals surface area contributed by atoms with Crippen LogP contribution in [0.25, 0.3) is 0 Å². The molecule has 100 valence electrons. The van der Waals surface area contributed by atoms with Gasteiger partial charge in [-0.3, -0.25) is 4.79 Å². The van der Waals surface area contributed by atoms with Crippen molar-refractivity contribution in [2.45, 2.75) is 63.0 Å². The Morgan fingerprint density at radius 2 is 1.67 bits per heavy atom. The van der Waals surface area contributed by atoms with Crippen molar-refractivity contribution in [3.63, 3.8) is 0 Å². The molecule has 0 aromatic rings. The summed E-state index contributed by atoms with van der Waals surface area (Å²) in [6.07, 6.45) is 9.78. The topological polar surface area (TPSA) is 38.3 Å². The fourth-order valence-corrected chi connectivity index (χ4v) is 5.39. The van der Waals surface area contributed by atoms with E-state index in [2.05, 4.69) is 5.32 Å². The molecule has 3 heteroatoms. The van der Waals surface area contributed by atoms with Gasteiger partial charge in [-0.2, -0.15) is 0 Å². The van der Waals surface area contributed by atoms with Crippen LogP contribution in [0.15, 0.2) is 0 Å². The first-order valence-electron chi connectivity index (χ1n) is 7.66. The summed E-state index contributed by atoms with van der Waals surface area (Å²) in [5, 5.41) is 3.40. The van der Waals surface area contributed by atoms with Gasteiger partial charge in [0, 0.05) is 12.1 Å². The van der Waals surface area contributed by atoms with Gasteiger partial charge in [-0.05, 0) is 69.1 Å². The van der Waals surface area contributed by atoms with Crippen LogP contribution in [-0.4, -0.2) is 24.2 Å². The molecule has 4 aliphatic carbocycles. The molecule has 0 spiro atoms. The van der Waals surface area contributed by atoms with Crippen molar-refractivity contribution in [3.8, 4) is 0 Å². The predicted molar refractivity (Wildman–Crippen MR) is 68.0 cm³/mol. The molecule has 3 nitrogen and oxygen atoms in total. The first-order valence-corrected chi connectivity index (χ1v) is 7.66. The molecule has 4 bridgehead atoms. The van der Waals surface area contributed by atoms with Crippen molar-refractivity contribution in [1.82, 2.24) is 5.32 Å². The molecular weight excluding hydrogens is 226 g/mol. The molecule has 1 atom stereocenters. The number of hydrogen-bond acceptors (Lipinski definition) is 2. The third kappa shape index (κ3) is 1.78. The Hall–Kier alpha value is -0.570. The quantitative estimate of drug-likeness (QED) is 0.815. The maximum absolute atomic E-state index is 12.3. The number of carbonyl (C=O) groups excluding carboxylic acids is 1. The number of hydrogen-bond donors (Lipinski definition) is 1. The van der Waals surface area contributed by atoms with Crippen LogP contribution in [0.4, 0.5) is 0 Å². The highest BCUT2D eigenvalue weighted by atomic mass is 16.5. The molecule has 1 amide bonds. The van der Waals surface area contributed by atoms with E-state index in [4.69, 9.17) is 4.74 Å². The van der Waals surface area contributed by atoms with Crippen LogP contribution in [0.2, 0.25) is 0 Å². The maximum Gasteiger partial charge on any atom is 0.249 e. The third-order valence-electron chi connectivity index (χ3n) is 5.65. The lowest BCUT2D eigenvalue weighted by atomic mass is 9.53. The monoisotopic (exact) mass is 249 g/mol. The van der Waals surface area contributed by atoms with Crippen molar-refractivity contribution in [1.29, 1.82) is 0 Å². The summed E-state index contributed by atoms with van der Waals surface area (Å²) in [5.41, 5.74) is 0.151. The number of nitrogens with one attached hydrogen (secondary N) is 1. The maximum atomic E-state index is 12.3. The number of amides is 1. The molecule has 1 saturated heterocycles. The fourth-order valence-electron chi connectivity index (χ4n) is 5.39. The smallest absolute Gasteiger partial charge is 0.249 e. The van der Waals surface area contributed by atoms with E-state index >= 15 is 0 Å². The second-order valence-electron chi connectivity index (χ2n) is 7.19. The van der Waals surface area contributed by atoms with Crippen molar-refractivity contribution < 1.29 is 9.53 Å². The van der Waals surface area contributed by atoms with Gasteiger partial charge in [0.1, 0.15) is 6.10 Å². The van der Waals surface area contributed by atoms with E-state index in [1.54, 1.807) is 0 Å². The molecule has 5 rings (SSSR count). The minimum atomic E-state index is -0.155. The fraction of sp³-hybridized carbons (Fsp3) is 0.933. The molecule has 0 unspecified atom stereocenters. The van der Waals surface area contributed by atoms with Crippen molar-refractivity contribution in [2.24, 2.45) is 17.8 Å². The Balaban J connectivity index is 1.48. The molecule has 5 fully saturated rings. The zero-order valence-corrected chi connectivity index (χ0v) is 11.0. The molecule has 18 heavy (non-hydrogen) atoms. The highest BCUT2D eigenvalue weighted by Crippen LogP contribution is 2.55. The first-order chi connectivity index (χ1) is 8.72. The summed E-state index contributed by atoms with van der Waals surface area (Å²) >= 11 is 0. The molecule has 4 saturated carbocycles. The summed E-state index contributed by atoms with van der Waals surface area (Å²) in [6.45, 7) is 0.763. The first kappa shape index (κ1) is 11.3. The van der Waals surface area contributed by atoms with Crippen LogP contribution in [0, 0.1) is 17.8 Å². The summed E-state index contributed by atoms with van der Waals surface area (Å²) in [4.78, 5) is 12.3. The number of rotatable bonds is 2. The van der Waals surface area contributed by atoms with Gasteiger partial charge in [-0.15, -0.1) is 0 Å². The molecule has 5 aliphatic rings. The van der Waals surface area contributed by atoms with Gasteiger partial charge in [0.15, 0.2) is 0 Å². The summed E-state index contributed by atoms with van der Waals surface area (Å²) < 4.78 is 5.52. The van der Waals surface area contributed by atoms with E-state index in [0.717, 1.165) is 37.2 Å². The molecule has 1 N–H and O–H groups in total. The summed E-state index contributed by atoms with van der Waals surface area (Å²) in [5.74, 6) is 2.84. The minimum Gasteiger partial charge on any atom is -0.368 e. The van der Waals surface area contributed by atoms with Gasteiger partial charge in [0.25, 0.3) is 0 Å². The highest BCUT2D eigenvalue weighted by molar-refractivity contribution is 5.81. The van der Waals surface area contributed by atoms with Crippen LogP contribution in [0.3, 0.4) is 0 Å². The van der Waals surface area contributed by atoms with E-state index in [0.29, 0.717) is 0 Å². The normalized spacial score (nSPS) is 49.6. The summed E-state index contributed by atoms with van der Waals surface area (Å²) in [6, 6.07) is 0. The van der Waals surface area contributed by atoms with Crippen molar-refractivity contribution >= 4 is 5.91 Å². The Morgan fingerprint density at radius 3 is 2.17 bits per heavy atom. The average molecular weight is 249 g/mol. The van der Waals surface area contributed by atoms with Gasteiger partial charge >= 0.3 is 0 Å². The van der Waals surface area contributed by atoms with Crippen LogP contribution < -0.4 is 5.32 Å². The zero-order chi connectivity index (χ0) is 12.2. The van der Waals surface area contributed by atoms with E-state index in [-0.39, 0.29) is 17.6 Å². The molecule has 0 aromatic carbocycles. The lowest BCUT2D eigenvalue weighted by molar-refractivity contribution is -0.135. The SMILES string of the molecule is O=C(NC12CC3CC(CC(C3)C1)C2)[C@H]1CCCO1. The molecule has 1 aliphatic heterocycles. The van der Waals surface area contributed by atoms with E-state index in [1.165, 1.54) is 38.5 Å². The van der Waals surface area contributed by atoms with E-state index < -0.39 is 0 Å². The summed E-state index contributed by atoms with van der Waals surface area (Å²) in [7, 11) is 0. The highest BCUT2D eigenvalue weighted by Gasteiger charge is 2.51. The van der Waals surface area contributed by atoms with Gasteiger partial charge in [0.05, 0.1) is 0 Å². The molecule has 1 heterocycles. The number of carbonyl (C=O) groups is 1. The Labute approximate surface area is 109 Å². The van der Waals surface area contributed by atoms with Crippen molar-refractivity contribution in [3.05, 3.63) is 0 Å². The lowest BCUT2D eigenvalue weighted by Crippen LogP contribution is -2.61. The lowest BCUT2D eigenvalue weighted by Gasteiger charge is -2.57. The van der Waals surface area contributed by atoms with Gasteiger partial charge in [-0.1, -0.05) is 0 Å². The predicted octanol–water partition coefficient (Wildman–Crippen LogP) is 2.25. The zero-order valence-electron chi connectivity index (χ0n) is 11.0. The largest absolute Gasteiger partial charge is 0.368 e. The van der Waals surface area contributed by atoms with Crippen molar-refractivity contribution in [2.75, 3.05) is 6.61 Å². The van der Waals surface area contributed by atoms with Crippen LogP contribution in [0.1, 0.15) is 51.4 Å². The van der Waals surface area contributed by atoms with Gasteiger partial charge in [0.2, 0.25) is 5.91 Å². The second-order valence-corrected chi connectivity index (χ2v) is 7.19. The Bertz CT molecular complexity index is 324. The molecule has 0 aromatic heterocycles. The van der Waals surface area contributed by atoms with Crippen LogP contribution in [0.5, 0.6) is 0 Å².